The Morgan fingerprint density at radius 2 is 2.23 bits per heavy atom. The van der Waals surface area contributed by atoms with Crippen LogP contribution in [0.15, 0.2) is 41.0 Å². The molecule has 0 aromatic carbocycles. The molecule has 0 radical (unpaired) electrons. The number of anilines is 1. The van der Waals surface area contributed by atoms with Crippen molar-refractivity contribution in [3.63, 3.8) is 0 Å². The number of H-pyrrole nitrogens is 1. The van der Waals surface area contributed by atoms with Crippen molar-refractivity contribution >= 4 is 22.9 Å². The molecule has 3 heterocycles. The Bertz CT molecular complexity index is 916. The van der Waals surface area contributed by atoms with E-state index in [9.17, 15) is 4.79 Å². The standard InChI is InChI=1S/C16H17N5O/c1-10(2)8-11-5-6-18-15-14(11)19-13(20-15)9-21-7-3-4-12(17)16(21)22/h3-8H,9,17H2,1-2H3,(H,18,19,20). The summed E-state index contributed by atoms with van der Waals surface area (Å²) in [6, 6.07) is 5.27. The third kappa shape index (κ3) is 2.63. The summed E-state index contributed by atoms with van der Waals surface area (Å²) >= 11 is 0. The minimum Gasteiger partial charge on any atom is -0.394 e. The largest absolute Gasteiger partial charge is 0.394 e. The molecule has 0 bridgehead atoms. The molecule has 112 valence electrons. The summed E-state index contributed by atoms with van der Waals surface area (Å²) in [6.07, 6.45) is 5.49. The van der Waals surface area contributed by atoms with Crippen LogP contribution in [0.4, 0.5) is 5.69 Å². The number of fused-ring (bicyclic) bond motifs is 1. The maximum absolute atomic E-state index is 12.0. The molecule has 3 aromatic heterocycles. The Morgan fingerprint density at radius 1 is 1.41 bits per heavy atom. The fourth-order valence-corrected chi connectivity index (χ4v) is 2.33. The van der Waals surface area contributed by atoms with Crippen LogP contribution in [0.5, 0.6) is 0 Å². The highest BCUT2D eigenvalue weighted by molar-refractivity contribution is 5.82. The van der Waals surface area contributed by atoms with E-state index < -0.39 is 0 Å². The number of pyridine rings is 2. The number of imidazole rings is 1. The average Bonchev–Trinajstić information content (AvgIpc) is 2.87. The van der Waals surface area contributed by atoms with Gasteiger partial charge in [-0.05, 0) is 32.0 Å². The van der Waals surface area contributed by atoms with Gasteiger partial charge >= 0.3 is 0 Å². The van der Waals surface area contributed by atoms with E-state index in [4.69, 9.17) is 5.73 Å². The number of aromatic nitrogens is 4. The fraction of sp³-hybridized carbons (Fsp3) is 0.188. The number of rotatable bonds is 3. The van der Waals surface area contributed by atoms with E-state index in [2.05, 4.69) is 21.0 Å². The lowest BCUT2D eigenvalue weighted by molar-refractivity contribution is 0.728. The molecule has 0 amide bonds. The van der Waals surface area contributed by atoms with Gasteiger partial charge in [-0.15, -0.1) is 0 Å². The number of allylic oxidation sites excluding steroid dienone is 1. The Balaban J connectivity index is 2.04. The van der Waals surface area contributed by atoms with E-state index in [-0.39, 0.29) is 11.2 Å². The summed E-state index contributed by atoms with van der Waals surface area (Å²) < 4.78 is 1.52. The van der Waals surface area contributed by atoms with Crippen molar-refractivity contribution in [2.24, 2.45) is 0 Å². The molecule has 0 aliphatic heterocycles. The predicted octanol–water partition coefficient (Wildman–Crippen LogP) is 2.17. The topological polar surface area (TPSA) is 89.6 Å². The molecule has 6 heteroatoms. The van der Waals surface area contributed by atoms with Gasteiger partial charge in [0.05, 0.1) is 17.7 Å². The monoisotopic (exact) mass is 295 g/mol. The Kier molecular flexibility index (Phi) is 3.50. The molecule has 0 unspecified atom stereocenters. The van der Waals surface area contributed by atoms with Crippen LogP contribution in [0.25, 0.3) is 17.2 Å². The quantitative estimate of drug-likeness (QED) is 0.775. The van der Waals surface area contributed by atoms with Gasteiger partial charge in [0, 0.05) is 18.0 Å². The predicted molar refractivity (Wildman–Crippen MR) is 87.4 cm³/mol. The van der Waals surface area contributed by atoms with Gasteiger partial charge in [-0.3, -0.25) is 4.79 Å². The Labute approximate surface area is 127 Å². The zero-order valence-electron chi connectivity index (χ0n) is 12.5. The number of nitrogen functional groups attached to an aromatic ring is 1. The second-order valence-electron chi connectivity index (χ2n) is 5.40. The molecule has 6 nitrogen and oxygen atoms in total. The van der Waals surface area contributed by atoms with E-state index in [1.54, 1.807) is 24.5 Å². The van der Waals surface area contributed by atoms with E-state index in [1.165, 1.54) is 10.1 Å². The Morgan fingerprint density at radius 3 is 3.00 bits per heavy atom. The summed E-state index contributed by atoms with van der Waals surface area (Å²) in [5.74, 6) is 0.671. The van der Waals surface area contributed by atoms with Crippen molar-refractivity contribution in [3.05, 3.63) is 57.9 Å². The van der Waals surface area contributed by atoms with E-state index >= 15 is 0 Å². The number of nitrogens with zero attached hydrogens (tertiary/aromatic N) is 3. The molecule has 0 atom stereocenters. The smallest absolute Gasteiger partial charge is 0.274 e. The van der Waals surface area contributed by atoms with Gasteiger partial charge in [0.1, 0.15) is 5.82 Å². The number of nitrogens with two attached hydrogens (primary N) is 1. The first-order valence-corrected chi connectivity index (χ1v) is 6.98. The highest BCUT2D eigenvalue weighted by atomic mass is 16.1. The molecule has 22 heavy (non-hydrogen) atoms. The summed E-state index contributed by atoms with van der Waals surface area (Å²) in [6.45, 7) is 4.40. The normalized spacial score (nSPS) is 10.8. The Hall–Kier alpha value is -2.89. The summed E-state index contributed by atoms with van der Waals surface area (Å²) in [5, 5.41) is 0. The number of hydrogen-bond donors (Lipinski definition) is 2. The molecule has 0 aliphatic carbocycles. The van der Waals surface area contributed by atoms with Crippen molar-refractivity contribution < 1.29 is 0 Å². The van der Waals surface area contributed by atoms with Crippen molar-refractivity contribution in [1.29, 1.82) is 0 Å². The van der Waals surface area contributed by atoms with Crippen LogP contribution in [0.2, 0.25) is 0 Å². The number of nitrogens with one attached hydrogen (secondary N) is 1. The summed E-state index contributed by atoms with van der Waals surface area (Å²) in [5.41, 5.74) is 9.38. The second kappa shape index (κ2) is 5.48. The third-order valence-electron chi connectivity index (χ3n) is 3.29. The first-order chi connectivity index (χ1) is 10.5. The second-order valence-corrected chi connectivity index (χ2v) is 5.40. The third-order valence-corrected chi connectivity index (χ3v) is 3.29. The molecular weight excluding hydrogens is 278 g/mol. The van der Waals surface area contributed by atoms with Gasteiger partial charge in [-0.2, -0.15) is 0 Å². The molecule has 0 aliphatic rings. The maximum atomic E-state index is 12.0. The molecule has 3 aromatic rings. The SMILES string of the molecule is CC(C)=Cc1ccnc2nc(Cn3cccc(N)c3=O)[nH]c12. The highest BCUT2D eigenvalue weighted by Gasteiger charge is 2.08. The van der Waals surface area contributed by atoms with Crippen LogP contribution < -0.4 is 11.3 Å². The van der Waals surface area contributed by atoms with Gasteiger partial charge in [-0.1, -0.05) is 11.6 Å². The van der Waals surface area contributed by atoms with E-state index in [0.717, 1.165) is 11.1 Å². The molecular formula is C16H17N5O. The van der Waals surface area contributed by atoms with Gasteiger partial charge in [-0.25, -0.2) is 9.97 Å². The minimum absolute atomic E-state index is 0.222. The van der Waals surface area contributed by atoms with Crippen molar-refractivity contribution in [1.82, 2.24) is 19.5 Å². The van der Waals surface area contributed by atoms with Crippen LogP contribution >= 0.6 is 0 Å². The lowest BCUT2D eigenvalue weighted by Crippen LogP contribution is -2.22. The van der Waals surface area contributed by atoms with Crippen LogP contribution in [0.3, 0.4) is 0 Å². The first kappa shape index (κ1) is 14.1. The van der Waals surface area contributed by atoms with E-state index in [0.29, 0.717) is 18.0 Å². The molecule has 0 saturated carbocycles. The first-order valence-electron chi connectivity index (χ1n) is 6.98. The summed E-state index contributed by atoms with van der Waals surface area (Å²) in [4.78, 5) is 23.9. The van der Waals surface area contributed by atoms with Gasteiger partial charge in [0.15, 0.2) is 5.65 Å². The van der Waals surface area contributed by atoms with Gasteiger partial charge in [0.2, 0.25) is 0 Å². The molecule has 0 spiro atoms. The maximum Gasteiger partial charge on any atom is 0.274 e. The van der Waals surface area contributed by atoms with E-state index in [1.807, 2.05) is 19.9 Å². The van der Waals surface area contributed by atoms with Gasteiger partial charge < -0.3 is 15.3 Å². The van der Waals surface area contributed by atoms with Crippen LogP contribution in [-0.4, -0.2) is 19.5 Å². The van der Waals surface area contributed by atoms with Crippen molar-refractivity contribution in [2.75, 3.05) is 5.73 Å². The lowest BCUT2D eigenvalue weighted by atomic mass is 10.2. The molecule has 0 saturated heterocycles. The van der Waals surface area contributed by atoms with Crippen LogP contribution in [0.1, 0.15) is 25.2 Å². The zero-order chi connectivity index (χ0) is 15.7. The van der Waals surface area contributed by atoms with Crippen LogP contribution in [0, 0.1) is 0 Å². The van der Waals surface area contributed by atoms with Crippen molar-refractivity contribution in [2.45, 2.75) is 20.4 Å². The fourth-order valence-electron chi connectivity index (χ4n) is 2.33. The number of hydrogen-bond acceptors (Lipinski definition) is 4. The molecule has 3 rings (SSSR count). The minimum atomic E-state index is -0.222. The lowest BCUT2D eigenvalue weighted by Gasteiger charge is -2.03. The average molecular weight is 295 g/mol. The van der Waals surface area contributed by atoms with Crippen LogP contribution in [-0.2, 0) is 6.54 Å². The summed E-state index contributed by atoms with van der Waals surface area (Å²) in [7, 11) is 0. The van der Waals surface area contributed by atoms with Gasteiger partial charge in [0.25, 0.3) is 5.56 Å². The van der Waals surface area contributed by atoms with Crippen molar-refractivity contribution in [3.8, 4) is 0 Å². The molecule has 3 N–H and O–H groups in total. The highest BCUT2D eigenvalue weighted by Crippen LogP contribution is 2.17. The zero-order valence-corrected chi connectivity index (χ0v) is 12.5. The number of aromatic amines is 1. The molecule has 0 fully saturated rings.